The Morgan fingerprint density at radius 2 is 2.32 bits per heavy atom. The topological polar surface area (TPSA) is 62.2 Å². The second kappa shape index (κ2) is 6.91. The second-order valence-corrected chi connectivity index (χ2v) is 4.73. The molecule has 0 bridgehead atoms. The molecule has 2 rings (SSSR count). The summed E-state index contributed by atoms with van der Waals surface area (Å²) in [6, 6.07) is 5.36. The van der Waals surface area contributed by atoms with E-state index in [4.69, 9.17) is 5.11 Å². The Labute approximate surface area is 113 Å². The van der Waals surface area contributed by atoms with Crippen LogP contribution in [0, 0.1) is 17.8 Å². The highest BCUT2D eigenvalue weighted by Crippen LogP contribution is 2.29. The van der Waals surface area contributed by atoms with Crippen LogP contribution in [-0.2, 0) is 4.79 Å². The number of pyridine rings is 1. The third kappa shape index (κ3) is 4.38. The van der Waals surface area contributed by atoms with Gasteiger partial charge in [0.25, 0.3) is 0 Å². The third-order valence-corrected chi connectivity index (χ3v) is 3.17. The molecular weight excluding hydrogens is 240 g/mol. The number of aromatic nitrogens is 1. The van der Waals surface area contributed by atoms with E-state index in [0.717, 1.165) is 12.8 Å². The van der Waals surface area contributed by atoms with Crippen LogP contribution in [0.5, 0.6) is 0 Å². The lowest BCUT2D eigenvalue weighted by Gasteiger charge is -2.24. The van der Waals surface area contributed by atoms with Crippen molar-refractivity contribution in [3.8, 4) is 11.8 Å². The number of anilines is 1. The van der Waals surface area contributed by atoms with Gasteiger partial charge in [0, 0.05) is 12.8 Å². The van der Waals surface area contributed by atoms with E-state index in [2.05, 4.69) is 22.1 Å². The van der Waals surface area contributed by atoms with Crippen LogP contribution in [-0.4, -0.2) is 22.6 Å². The van der Waals surface area contributed by atoms with E-state index in [0.29, 0.717) is 30.3 Å². The summed E-state index contributed by atoms with van der Waals surface area (Å²) in [5.41, 5.74) is 0.606. The highest BCUT2D eigenvalue weighted by Gasteiger charge is 2.20. The fraction of sp³-hybridized carbons (Fsp3) is 0.467. The van der Waals surface area contributed by atoms with Gasteiger partial charge in [-0.05, 0) is 36.8 Å². The van der Waals surface area contributed by atoms with E-state index in [-0.39, 0.29) is 12.5 Å². The average molecular weight is 258 g/mol. The van der Waals surface area contributed by atoms with Crippen LogP contribution in [0.3, 0.4) is 0 Å². The molecular formula is C15H18N2O2. The van der Waals surface area contributed by atoms with Gasteiger partial charge in [-0.15, -0.1) is 0 Å². The molecule has 1 aromatic heterocycles. The number of carbonyl (C=O) groups excluding carboxylic acids is 1. The highest BCUT2D eigenvalue weighted by molar-refractivity contribution is 5.89. The van der Waals surface area contributed by atoms with Gasteiger partial charge in [-0.25, -0.2) is 4.98 Å². The van der Waals surface area contributed by atoms with Crippen molar-refractivity contribution in [1.29, 1.82) is 0 Å². The van der Waals surface area contributed by atoms with E-state index < -0.39 is 0 Å². The highest BCUT2D eigenvalue weighted by atomic mass is 16.2. The van der Waals surface area contributed by atoms with Gasteiger partial charge in [-0.3, -0.25) is 4.79 Å². The molecule has 19 heavy (non-hydrogen) atoms. The van der Waals surface area contributed by atoms with Crippen LogP contribution in [0.2, 0.25) is 0 Å². The Morgan fingerprint density at radius 1 is 1.47 bits per heavy atom. The Balaban J connectivity index is 1.91. The summed E-state index contributed by atoms with van der Waals surface area (Å²) in [7, 11) is 0. The van der Waals surface area contributed by atoms with Gasteiger partial charge in [0.15, 0.2) is 0 Å². The summed E-state index contributed by atoms with van der Waals surface area (Å²) in [5, 5.41) is 11.5. The summed E-state index contributed by atoms with van der Waals surface area (Å²) in [6.45, 7) is 0.0464. The van der Waals surface area contributed by atoms with Gasteiger partial charge in [-0.1, -0.05) is 18.4 Å². The van der Waals surface area contributed by atoms with E-state index in [1.807, 2.05) is 6.07 Å². The summed E-state index contributed by atoms with van der Waals surface area (Å²) in [4.78, 5) is 16.0. The lowest BCUT2D eigenvalue weighted by Crippen LogP contribution is -2.21. The number of amides is 1. The average Bonchev–Trinajstić information content (AvgIpc) is 2.35. The molecule has 0 radical (unpaired) electrons. The molecule has 1 fully saturated rings. The Morgan fingerprint density at radius 3 is 3.00 bits per heavy atom. The number of hydrogen-bond acceptors (Lipinski definition) is 3. The van der Waals surface area contributed by atoms with Gasteiger partial charge >= 0.3 is 0 Å². The van der Waals surface area contributed by atoms with Crippen molar-refractivity contribution in [3.63, 3.8) is 0 Å². The molecule has 100 valence electrons. The third-order valence-electron chi connectivity index (χ3n) is 3.17. The predicted molar refractivity (Wildman–Crippen MR) is 73.4 cm³/mol. The normalized spacial score (nSPS) is 14.2. The van der Waals surface area contributed by atoms with Crippen LogP contribution in [0.4, 0.5) is 5.82 Å². The summed E-state index contributed by atoms with van der Waals surface area (Å²) in [6.07, 6.45) is 4.58. The number of rotatable bonds is 4. The Hall–Kier alpha value is -1.86. The largest absolute Gasteiger partial charge is 0.395 e. The Kier molecular flexibility index (Phi) is 4.93. The van der Waals surface area contributed by atoms with Crippen LogP contribution < -0.4 is 5.32 Å². The molecule has 4 heteroatoms. The molecule has 0 aliphatic heterocycles. The molecule has 1 amide bonds. The predicted octanol–water partition coefficient (Wildman–Crippen LogP) is 1.94. The van der Waals surface area contributed by atoms with Crippen molar-refractivity contribution in [2.75, 3.05) is 11.9 Å². The number of carbonyl (C=O) groups is 1. The van der Waals surface area contributed by atoms with Crippen molar-refractivity contribution in [2.24, 2.45) is 5.92 Å². The number of nitrogens with zero attached hydrogens (tertiary/aromatic N) is 1. The Bertz CT molecular complexity index is 498. The molecule has 1 saturated carbocycles. The summed E-state index contributed by atoms with van der Waals surface area (Å²) < 4.78 is 0. The molecule has 4 nitrogen and oxygen atoms in total. The second-order valence-electron chi connectivity index (χ2n) is 4.73. The van der Waals surface area contributed by atoms with Crippen molar-refractivity contribution in [2.45, 2.75) is 32.1 Å². The molecule has 0 aromatic carbocycles. The molecule has 0 atom stereocenters. The van der Waals surface area contributed by atoms with E-state index in [1.165, 1.54) is 6.42 Å². The standard InChI is InChI=1S/C15H18N2O2/c18-10-2-1-7-13-8-4-9-14(16-13)17-15(19)11-12-5-3-6-12/h4,8-9,12,18H,2-3,5-6,10-11H2,(H,16,17,19). The summed E-state index contributed by atoms with van der Waals surface area (Å²) in [5.74, 6) is 6.77. The van der Waals surface area contributed by atoms with Gasteiger partial charge in [0.2, 0.25) is 5.91 Å². The number of aliphatic hydroxyl groups is 1. The van der Waals surface area contributed by atoms with E-state index >= 15 is 0 Å². The molecule has 1 aliphatic rings. The zero-order valence-electron chi connectivity index (χ0n) is 10.9. The van der Waals surface area contributed by atoms with Crippen LogP contribution in [0.15, 0.2) is 18.2 Å². The van der Waals surface area contributed by atoms with E-state index in [1.54, 1.807) is 12.1 Å². The molecule has 0 spiro atoms. The van der Waals surface area contributed by atoms with Crippen molar-refractivity contribution < 1.29 is 9.90 Å². The molecule has 1 aliphatic carbocycles. The minimum atomic E-state index is 0.0256. The first-order valence-electron chi connectivity index (χ1n) is 6.64. The first-order chi connectivity index (χ1) is 9.28. The van der Waals surface area contributed by atoms with Crippen molar-refractivity contribution in [3.05, 3.63) is 23.9 Å². The smallest absolute Gasteiger partial charge is 0.225 e. The number of hydrogen-bond donors (Lipinski definition) is 2. The minimum absolute atomic E-state index is 0.0256. The fourth-order valence-electron chi connectivity index (χ4n) is 1.94. The maximum absolute atomic E-state index is 11.8. The molecule has 1 aromatic rings. The van der Waals surface area contributed by atoms with Crippen LogP contribution in [0.25, 0.3) is 0 Å². The minimum Gasteiger partial charge on any atom is -0.395 e. The lowest BCUT2D eigenvalue weighted by molar-refractivity contribution is -0.117. The number of nitrogens with one attached hydrogen (secondary N) is 1. The zero-order valence-corrected chi connectivity index (χ0v) is 10.9. The quantitative estimate of drug-likeness (QED) is 0.811. The molecule has 0 saturated heterocycles. The number of aliphatic hydroxyl groups excluding tert-OH is 1. The first-order valence-corrected chi connectivity index (χ1v) is 6.64. The first kappa shape index (κ1) is 13.6. The monoisotopic (exact) mass is 258 g/mol. The van der Waals surface area contributed by atoms with Crippen molar-refractivity contribution in [1.82, 2.24) is 4.98 Å². The lowest BCUT2D eigenvalue weighted by atomic mass is 9.83. The SMILES string of the molecule is O=C(CC1CCC1)Nc1cccc(C#CCCO)n1. The maximum Gasteiger partial charge on any atom is 0.225 e. The molecule has 1 heterocycles. The van der Waals surface area contributed by atoms with Gasteiger partial charge in [0.05, 0.1) is 6.61 Å². The molecule has 0 unspecified atom stereocenters. The van der Waals surface area contributed by atoms with Gasteiger partial charge < -0.3 is 10.4 Å². The summed E-state index contributed by atoms with van der Waals surface area (Å²) >= 11 is 0. The van der Waals surface area contributed by atoms with Gasteiger partial charge in [-0.2, -0.15) is 0 Å². The fourth-order valence-corrected chi connectivity index (χ4v) is 1.94. The van der Waals surface area contributed by atoms with Crippen LogP contribution >= 0.6 is 0 Å². The van der Waals surface area contributed by atoms with Crippen molar-refractivity contribution >= 4 is 11.7 Å². The van der Waals surface area contributed by atoms with E-state index in [9.17, 15) is 4.79 Å². The van der Waals surface area contributed by atoms with Gasteiger partial charge in [0.1, 0.15) is 11.5 Å². The zero-order chi connectivity index (χ0) is 13.5. The molecule has 2 N–H and O–H groups in total. The maximum atomic E-state index is 11.8. The van der Waals surface area contributed by atoms with Crippen LogP contribution in [0.1, 0.15) is 37.8 Å².